The Kier molecular flexibility index (Phi) is 6.10. The molecule has 1 saturated heterocycles. The van der Waals surface area contributed by atoms with E-state index < -0.39 is 5.60 Å². The number of aromatic amines is 1. The molecule has 1 aromatic heterocycles. The Hall–Kier alpha value is -2.87. The van der Waals surface area contributed by atoms with E-state index in [2.05, 4.69) is 93.2 Å². The fourth-order valence-electron chi connectivity index (χ4n) is 4.51. The van der Waals surface area contributed by atoms with Gasteiger partial charge in [0.25, 0.3) is 0 Å². The predicted octanol–water partition coefficient (Wildman–Crippen LogP) is 7.57. The molecule has 5 nitrogen and oxygen atoms in total. The third-order valence-electron chi connectivity index (χ3n) is 6.13. The van der Waals surface area contributed by atoms with Crippen molar-refractivity contribution in [1.29, 1.82) is 0 Å². The van der Waals surface area contributed by atoms with Crippen LogP contribution in [0.15, 0.2) is 66.9 Å². The number of halogens is 1. The van der Waals surface area contributed by atoms with Crippen molar-refractivity contribution in [1.82, 2.24) is 14.9 Å². The summed E-state index contributed by atoms with van der Waals surface area (Å²) in [6, 6.07) is 21.4. The molecule has 0 aliphatic carbocycles. The average Bonchev–Trinajstić information content (AvgIpc) is 3.48. The number of amides is 1. The van der Waals surface area contributed by atoms with Crippen LogP contribution in [-0.4, -0.2) is 33.1 Å². The van der Waals surface area contributed by atoms with Gasteiger partial charge >= 0.3 is 6.09 Å². The molecule has 1 aliphatic rings. The smallest absolute Gasteiger partial charge is 0.410 e. The first-order chi connectivity index (χ1) is 16.3. The molecule has 2 heterocycles. The van der Waals surface area contributed by atoms with Crippen LogP contribution in [0.25, 0.3) is 33.2 Å². The molecule has 3 aromatic carbocycles. The number of rotatable bonds is 3. The molecule has 1 N–H and O–H groups in total. The second-order valence-corrected chi connectivity index (χ2v) is 10.9. The topological polar surface area (TPSA) is 58.2 Å². The van der Waals surface area contributed by atoms with E-state index in [9.17, 15) is 4.79 Å². The molecular weight excluding hydrogens is 537 g/mol. The highest BCUT2D eigenvalue weighted by Gasteiger charge is 2.34. The maximum absolute atomic E-state index is 12.7. The van der Waals surface area contributed by atoms with E-state index in [0.717, 1.165) is 29.9 Å². The fraction of sp³-hybridized carbons (Fsp3) is 0.286. The summed E-state index contributed by atoms with van der Waals surface area (Å²) >= 11 is 2.40. The highest BCUT2D eigenvalue weighted by Crippen LogP contribution is 2.35. The highest BCUT2D eigenvalue weighted by atomic mass is 127. The van der Waals surface area contributed by atoms with Gasteiger partial charge in [0.15, 0.2) is 0 Å². The molecule has 0 saturated carbocycles. The van der Waals surface area contributed by atoms with Gasteiger partial charge in [-0.2, -0.15) is 0 Å². The number of hydrogen-bond donors (Lipinski definition) is 1. The van der Waals surface area contributed by atoms with Crippen molar-refractivity contribution in [2.45, 2.75) is 45.3 Å². The minimum Gasteiger partial charge on any atom is -0.444 e. The summed E-state index contributed by atoms with van der Waals surface area (Å²) in [6.07, 6.45) is 3.41. The lowest BCUT2D eigenvalue weighted by molar-refractivity contribution is 0.0218. The molecule has 5 rings (SSSR count). The third-order valence-corrected chi connectivity index (χ3v) is 7.07. The monoisotopic (exact) mass is 565 g/mol. The molecular formula is C28H28IN3O2. The number of nitrogens with zero attached hydrogens (tertiary/aromatic N) is 2. The lowest BCUT2D eigenvalue weighted by Gasteiger charge is -2.27. The number of fused-ring (bicyclic) bond motifs is 1. The van der Waals surface area contributed by atoms with Crippen LogP contribution in [0, 0.1) is 3.57 Å². The number of ether oxygens (including phenoxy) is 1. The van der Waals surface area contributed by atoms with Crippen LogP contribution in [0.2, 0.25) is 0 Å². The van der Waals surface area contributed by atoms with Gasteiger partial charge in [-0.15, -0.1) is 0 Å². The molecule has 1 aliphatic heterocycles. The lowest BCUT2D eigenvalue weighted by atomic mass is 9.99. The summed E-state index contributed by atoms with van der Waals surface area (Å²) in [5.41, 5.74) is 3.89. The minimum atomic E-state index is -0.515. The number of carbonyl (C=O) groups is 1. The van der Waals surface area contributed by atoms with Gasteiger partial charge in [0.05, 0.1) is 17.9 Å². The summed E-state index contributed by atoms with van der Waals surface area (Å²) in [4.78, 5) is 22.7. The predicted molar refractivity (Wildman–Crippen MR) is 145 cm³/mol. The van der Waals surface area contributed by atoms with Crippen LogP contribution >= 0.6 is 22.6 Å². The van der Waals surface area contributed by atoms with Crippen LogP contribution in [0.3, 0.4) is 0 Å². The first-order valence-electron chi connectivity index (χ1n) is 11.6. The largest absolute Gasteiger partial charge is 0.444 e. The Labute approximate surface area is 213 Å². The summed E-state index contributed by atoms with van der Waals surface area (Å²) < 4.78 is 6.82. The normalized spacial score (nSPS) is 16.2. The van der Waals surface area contributed by atoms with Gasteiger partial charge < -0.3 is 9.72 Å². The van der Waals surface area contributed by atoms with Crippen molar-refractivity contribution in [2.24, 2.45) is 0 Å². The van der Waals surface area contributed by atoms with Crippen molar-refractivity contribution in [2.75, 3.05) is 6.54 Å². The van der Waals surface area contributed by atoms with E-state index in [1.54, 1.807) is 4.90 Å². The molecule has 174 valence electrons. The summed E-state index contributed by atoms with van der Waals surface area (Å²) in [7, 11) is 0. The van der Waals surface area contributed by atoms with Gasteiger partial charge in [-0.25, -0.2) is 9.78 Å². The molecule has 1 amide bonds. The van der Waals surface area contributed by atoms with Gasteiger partial charge in [-0.1, -0.05) is 42.5 Å². The number of aromatic nitrogens is 2. The number of H-pyrrole nitrogens is 1. The molecule has 4 aromatic rings. The van der Waals surface area contributed by atoms with Crippen LogP contribution < -0.4 is 0 Å². The number of nitrogens with one attached hydrogen (secondary N) is 1. The first kappa shape index (κ1) is 22.9. The maximum atomic E-state index is 12.7. The van der Waals surface area contributed by atoms with Crippen LogP contribution in [0.5, 0.6) is 0 Å². The average molecular weight is 565 g/mol. The van der Waals surface area contributed by atoms with E-state index in [1.807, 2.05) is 27.0 Å². The number of imidazole rings is 1. The Balaban J connectivity index is 1.43. The SMILES string of the molecule is CC(C)(C)OC(=O)N1CCCC1c1ncc(-c2ccc(I)c(-c3ccc4ccccc4c3)c2)[nH]1. The molecule has 1 fully saturated rings. The maximum Gasteiger partial charge on any atom is 0.410 e. The second-order valence-electron chi connectivity index (χ2n) is 9.77. The van der Waals surface area contributed by atoms with Crippen LogP contribution in [0.1, 0.15) is 45.5 Å². The molecule has 0 radical (unpaired) electrons. The summed E-state index contributed by atoms with van der Waals surface area (Å²) in [5, 5.41) is 2.47. The van der Waals surface area contributed by atoms with E-state index in [0.29, 0.717) is 6.54 Å². The summed E-state index contributed by atoms with van der Waals surface area (Å²) in [6.45, 7) is 6.37. The van der Waals surface area contributed by atoms with Crippen molar-refractivity contribution in [3.8, 4) is 22.4 Å². The van der Waals surface area contributed by atoms with Crippen molar-refractivity contribution < 1.29 is 9.53 Å². The molecule has 1 atom stereocenters. The van der Waals surface area contributed by atoms with Gasteiger partial charge in [0.2, 0.25) is 0 Å². The number of likely N-dealkylation sites (tertiary alicyclic amines) is 1. The van der Waals surface area contributed by atoms with Crippen molar-refractivity contribution >= 4 is 39.5 Å². The van der Waals surface area contributed by atoms with Crippen LogP contribution in [-0.2, 0) is 4.74 Å². The first-order valence-corrected chi connectivity index (χ1v) is 12.7. The summed E-state index contributed by atoms with van der Waals surface area (Å²) in [5.74, 6) is 0.809. The zero-order chi connectivity index (χ0) is 23.9. The van der Waals surface area contributed by atoms with Crippen molar-refractivity contribution in [3.05, 3.63) is 76.3 Å². The molecule has 0 bridgehead atoms. The van der Waals surface area contributed by atoms with Gasteiger partial charge in [-0.05, 0) is 96.3 Å². The zero-order valence-corrected chi connectivity index (χ0v) is 21.8. The number of carbonyl (C=O) groups excluding carboxylic acids is 1. The van der Waals surface area contributed by atoms with E-state index >= 15 is 0 Å². The highest BCUT2D eigenvalue weighted by molar-refractivity contribution is 14.1. The van der Waals surface area contributed by atoms with E-state index in [1.165, 1.54) is 25.5 Å². The Morgan fingerprint density at radius 3 is 2.62 bits per heavy atom. The Bertz CT molecular complexity index is 1360. The minimum absolute atomic E-state index is 0.0904. The standard InChI is InChI=1S/C28H28IN3O2/c1-28(2,3)34-27(33)32-14-6-9-25(32)26-30-17-24(31-26)21-12-13-23(29)22(16-21)20-11-10-18-7-4-5-8-19(18)15-20/h4-5,7-8,10-13,15-17,25H,6,9,14H2,1-3H3,(H,30,31). The van der Waals surface area contributed by atoms with Gasteiger partial charge in [0, 0.05) is 15.7 Å². The van der Waals surface area contributed by atoms with Crippen LogP contribution in [0.4, 0.5) is 4.79 Å². The zero-order valence-electron chi connectivity index (χ0n) is 19.6. The lowest BCUT2D eigenvalue weighted by Crippen LogP contribution is -2.36. The fourth-order valence-corrected chi connectivity index (χ4v) is 5.16. The Morgan fingerprint density at radius 2 is 1.82 bits per heavy atom. The quantitative estimate of drug-likeness (QED) is 0.261. The van der Waals surface area contributed by atoms with Crippen molar-refractivity contribution in [3.63, 3.8) is 0 Å². The van der Waals surface area contributed by atoms with E-state index in [-0.39, 0.29) is 12.1 Å². The molecule has 1 unspecified atom stereocenters. The van der Waals surface area contributed by atoms with Gasteiger partial charge in [-0.3, -0.25) is 4.90 Å². The van der Waals surface area contributed by atoms with E-state index in [4.69, 9.17) is 4.74 Å². The Morgan fingerprint density at radius 1 is 1.06 bits per heavy atom. The molecule has 6 heteroatoms. The molecule has 0 spiro atoms. The third kappa shape index (κ3) is 4.69. The van der Waals surface area contributed by atoms with Gasteiger partial charge in [0.1, 0.15) is 11.4 Å². The second kappa shape index (κ2) is 9.06. The molecule has 34 heavy (non-hydrogen) atoms. The number of benzene rings is 3. The number of hydrogen-bond acceptors (Lipinski definition) is 3.